The van der Waals surface area contributed by atoms with Crippen LogP contribution in [0.5, 0.6) is 5.75 Å². The molecule has 138 valence electrons. The third kappa shape index (κ3) is 3.93. The zero-order valence-corrected chi connectivity index (χ0v) is 16.2. The summed E-state index contributed by atoms with van der Waals surface area (Å²) in [6.07, 6.45) is 0.230. The first-order chi connectivity index (χ1) is 12.3. The van der Waals surface area contributed by atoms with Gasteiger partial charge in [0, 0.05) is 35.4 Å². The lowest BCUT2D eigenvalue weighted by molar-refractivity contribution is -0.116. The molecule has 3 rings (SSSR count). The van der Waals surface area contributed by atoms with Gasteiger partial charge in [-0.15, -0.1) is 0 Å². The van der Waals surface area contributed by atoms with Crippen LogP contribution in [0.2, 0.25) is 0 Å². The first kappa shape index (κ1) is 18.5. The van der Waals surface area contributed by atoms with E-state index >= 15 is 0 Å². The van der Waals surface area contributed by atoms with Crippen molar-refractivity contribution < 1.29 is 9.53 Å². The van der Waals surface area contributed by atoms with E-state index < -0.39 is 0 Å². The third-order valence-electron chi connectivity index (χ3n) is 4.23. The first-order valence-corrected chi connectivity index (χ1v) is 9.47. The molecule has 1 unspecified atom stereocenters. The Morgan fingerprint density at radius 2 is 2.15 bits per heavy atom. The smallest absolute Gasteiger partial charge is 0.254 e. The molecule has 1 aromatic heterocycles. The minimum atomic E-state index is -0.186. The Kier molecular flexibility index (Phi) is 5.09. The molecule has 0 bridgehead atoms. The maximum Gasteiger partial charge on any atom is 0.254 e. The van der Waals surface area contributed by atoms with Crippen LogP contribution in [0.15, 0.2) is 40.3 Å². The summed E-state index contributed by atoms with van der Waals surface area (Å²) in [6.45, 7) is 6.10. The van der Waals surface area contributed by atoms with E-state index in [0.717, 1.165) is 5.69 Å². The lowest BCUT2D eigenvalue weighted by Gasteiger charge is -2.19. The molecule has 26 heavy (non-hydrogen) atoms. The molecule has 0 fully saturated rings. The summed E-state index contributed by atoms with van der Waals surface area (Å²) >= 11 is 1.53. The number of nitrogens with zero attached hydrogens (tertiary/aromatic N) is 2. The normalized spacial score (nSPS) is 16.2. The second kappa shape index (κ2) is 7.15. The first-order valence-electron chi connectivity index (χ1n) is 8.48. The topological polar surface area (TPSA) is 73.2 Å². The number of hydrogen-bond acceptors (Lipinski definition) is 5. The zero-order chi connectivity index (χ0) is 18.9. The standard InChI is InChI=1S/C19H23N3O3S/c1-19(2,3)15-10-17(24)22-13(11-26-18(22)21-15)9-16(23)20-12-6-5-7-14(8-12)25-4/h5-8,10,13H,9,11H2,1-4H3,(H,20,23). The number of rotatable bonds is 4. The van der Waals surface area contributed by atoms with Crippen LogP contribution in [-0.4, -0.2) is 28.3 Å². The second-order valence-electron chi connectivity index (χ2n) is 7.33. The summed E-state index contributed by atoms with van der Waals surface area (Å²) in [7, 11) is 1.58. The Morgan fingerprint density at radius 1 is 1.38 bits per heavy atom. The Balaban J connectivity index is 1.75. The molecule has 0 radical (unpaired) electrons. The van der Waals surface area contributed by atoms with E-state index in [1.807, 2.05) is 32.9 Å². The van der Waals surface area contributed by atoms with Crippen LogP contribution >= 0.6 is 11.8 Å². The van der Waals surface area contributed by atoms with Crippen LogP contribution in [0.1, 0.15) is 38.9 Å². The lowest BCUT2D eigenvalue weighted by atomic mass is 9.92. The van der Waals surface area contributed by atoms with Crippen molar-refractivity contribution in [1.82, 2.24) is 9.55 Å². The van der Waals surface area contributed by atoms with Gasteiger partial charge in [-0.2, -0.15) is 0 Å². The number of methoxy groups -OCH3 is 1. The average molecular weight is 373 g/mol. The Labute approximate surface area is 157 Å². The molecular weight excluding hydrogens is 350 g/mol. The number of amides is 1. The van der Waals surface area contributed by atoms with Crippen molar-refractivity contribution in [1.29, 1.82) is 0 Å². The van der Waals surface area contributed by atoms with Crippen LogP contribution in [0.4, 0.5) is 5.69 Å². The number of benzene rings is 1. The number of carbonyl (C=O) groups excluding carboxylic acids is 1. The third-order valence-corrected chi connectivity index (χ3v) is 5.33. The van der Waals surface area contributed by atoms with E-state index in [-0.39, 0.29) is 29.3 Å². The highest BCUT2D eigenvalue weighted by Gasteiger charge is 2.29. The van der Waals surface area contributed by atoms with Crippen molar-refractivity contribution in [2.24, 2.45) is 0 Å². The average Bonchev–Trinajstić information content (AvgIpc) is 2.97. The van der Waals surface area contributed by atoms with Crippen LogP contribution in [-0.2, 0) is 10.2 Å². The number of anilines is 1. The molecule has 0 saturated heterocycles. The largest absolute Gasteiger partial charge is 0.497 e. The Morgan fingerprint density at radius 3 is 2.85 bits per heavy atom. The molecule has 6 nitrogen and oxygen atoms in total. The van der Waals surface area contributed by atoms with Gasteiger partial charge in [0.15, 0.2) is 5.16 Å². The zero-order valence-electron chi connectivity index (χ0n) is 15.4. The van der Waals surface area contributed by atoms with Gasteiger partial charge in [-0.3, -0.25) is 14.2 Å². The van der Waals surface area contributed by atoms with Gasteiger partial charge in [-0.25, -0.2) is 4.98 Å². The summed E-state index contributed by atoms with van der Waals surface area (Å²) in [5.41, 5.74) is 1.18. The van der Waals surface area contributed by atoms with Crippen molar-refractivity contribution in [2.45, 2.75) is 43.8 Å². The maximum absolute atomic E-state index is 12.6. The molecule has 1 N–H and O–H groups in total. The van der Waals surface area contributed by atoms with E-state index in [1.165, 1.54) is 11.8 Å². The second-order valence-corrected chi connectivity index (χ2v) is 8.32. The van der Waals surface area contributed by atoms with Gasteiger partial charge in [-0.05, 0) is 12.1 Å². The van der Waals surface area contributed by atoms with Crippen molar-refractivity contribution in [3.63, 3.8) is 0 Å². The molecular formula is C19H23N3O3S. The minimum absolute atomic E-state index is 0.0934. The fraction of sp³-hybridized carbons (Fsp3) is 0.421. The highest BCUT2D eigenvalue weighted by Crippen LogP contribution is 2.33. The quantitative estimate of drug-likeness (QED) is 0.833. The number of fused-ring (bicyclic) bond motifs is 1. The molecule has 1 aliphatic heterocycles. The summed E-state index contributed by atoms with van der Waals surface area (Å²) < 4.78 is 6.81. The van der Waals surface area contributed by atoms with Crippen LogP contribution < -0.4 is 15.6 Å². The minimum Gasteiger partial charge on any atom is -0.497 e. The monoisotopic (exact) mass is 373 g/mol. The molecule has 1 aliphatic rings. The molecule has 1 amide bonds. The van der Waals surface area contributed by atoms with Crippen LogP contribution in [0, 0.1) is 0 Å². The molecule has 1 aromatic carbocycles. The molecule has 0 saturated carbocycles. The van der Waals surface area contributed by atoms with Gasteiger partial charge in [0.1, 0.15) is 5.75 Å². The molecule has 2 heterocycles. The van der Waals surface area contributed by atoms with Crippen LogP contribution in [0.25, 0.3) is 0 Å². The van der Waals surface area contributed by atoms with Gasteiger partial charge in [-0.1, -0.05) is 38.6 Å². The summed E-state index contributed by atoms with van der Waals surface area (Å²) in [4.78, 5) is 29.6. The predicted octanol–water partition coefficient (Wildman–Crippen LogP) is 3.23. The van der Waals surface area contributed by atoms with Gasteiger partial charge < -0.3 is 10.1 Å². The summed E-state index contributed by atoms with van der Waals surface area (Å²) in [6, 6.07) is 8.60. The number of hydrogen-bond donors (Lipinski definition) is 1. The molecule has 7 heteroatoms. The van der Waals surface area contributed by atoms with E-state index in [0.29, 0.717) is 22.3 Å². The van der Waals surface area contributed by atoms with Gasteiger partial charge in [0.25, 0.3) is 5.56 Å². The van der Waals surface area contributed by atoms with Crippen LogP contribution in [0.3, 0.4) is 0 Å². The predicted molar refractivity (Wildman–Crippen MR) is 103 cm³/mol. The van der Waals surface area contributed by atoms with Gasteiger partial charge in [0.2, 0.25) is 5.91 Å². The number of ether oxygens (including phenoxy) is 1. The van der Waals surface area contributed by atoms with Crippen molar-refractivity contribution in [3.8, 4) is 5.75 Å². The van der Waals surface area contributed by atoms with Gasteiger partial charge in [0.05, 0.1) is 18.8 Å². The van der Waals surface area contributed by atoms with E-state index in [4.69, 9.17) is 4.74 Å². The number of nitrogens with one attached hydrogen (secondary N) is 1. The van der Waals surface area contributed by atoms with E-state index in [2.05, 4.69) is 10.3 Å². The van der Waals surface area contributed by atoms with Gasteiger partial charge >= 0.3 is 0 Å². The van der Waals surface area contributed by atoms with Crippen molar-refractivity contribution in [3.05, 3.63) is 46.4 Å². The number of carbonyl (C=O) groups is 1. The van der Waals surface area contributed by atoms with Crippen molar-refractivity contribution in [2.75, 3.05) is 18.2 Å². The van der Waals surface area contributed by atoms with E-state index in [9.17, 15) is 9.59 Å². The highest BCUT2D eigenvalue weighted by molar-refractivity contribution is 7.99. The summed E-state index contributed by atoms with van der Waals surface area (Å²) in [5.74, 6) is 1.21. The molecule has 0 aliphatic carbocycles. The Hall–Kier alpha value is -2.28. The molecule has 1 atom stereocenters. The Bertz CT molecular complexity index is 886. The number of thioether (sulfide) groups is 1. The molecule has 0 spiro atoms. The number of aromatic nitrogens is 2. The van der Waals surface area contributed by atoms with Crippen molar-refractivity contribution >= 4 is 23.4 Å². The SMILES string of the molecule is COc1cccc(NC(=O)CC2CSc3nc(C(C)(C)C)cc(=O)n32)c1. The molecule has 2 aromatic rings. The highest BCUT2D eigenvalue weighted by atomic mass is 32.2. The summed E-state index contributed by atoms with van der Waals surface area (Å²) in [5, 5.41) is 3.56. The fourth-order valence-corrected chi connectivity index (χ4v) is 3.96. The fourth-order valence-electron chi connectivity index (χ4n) is 2.81. The van der Waals surface area contributed by atoms with E-state index in [1.54, 1.807) is 29.9 Å². The lowest BCUT2D eigenvalue weighted by Crippen LogP contribution is -2.29. The maximum atomic E-state index is 12.6.